The van der Waals surface area contributed by atoms with Crippen molar-refractivity contribution in [2.75, 3.05) is 29.9 Å². The number of pyridine rings is 1. The third-order valence-electron chi connectivity index (χ3n) is 8.90. The van der Waals surface area contributed by atoms with Crippen LogP contribution in [0, 0.1) is 15.5 Å². The van der Waals surface area contributed by atoms with Crippen LogP contribution >= 0.6 is 0 Å². The Morgan fingerprint density at radius 2 is 1.81 bits per heavy atom. The highest BCUT2D eigenvalue weighted by molar-refractivity contribution is 5.97. The van der Waals surface area contributed by atoms with Gasteiger partial charge in [-0.25, -0.2) is 9.97 Å². The number of carbonyl (C=O) groups excluding carboxylic acids is 1. The number of aromatic nitrogens is 3. The molecule has 5 aromatic rings. The number of nitro benzene ring substituents is 1. The van der Waals surface area contributed by atoms with Gasteiger partial charge in [-0.1, -0.05) is 42.5 Å². The maximum absolute atomic E-state index is 14.0. The van der Waals surface area contributed by atoms with Crippen molar-refractivity contribution in [2.45, 2.75) is 38.3 Å². The molecule has 1 saturated heterocycles. The highest BCUT2D eigenvalue weighted by Gasteiger charge is 2.25. The number of nitrogens with one attached hydrogen (secondary N) is 2. The van der Waals surface area contributed by atoms with Crippen molar-refractivity contribution < 1.29 is 9.72 Å². The SMILES string of the molecule is Cn1c(CCc2ccc(C(=N)N)cc2)nc2cc(N(Cc3cccc([N+](=O)[O-])c3)C(=O)CN3CCC(Nc4ccccn4)CC3)ccc21. The zero-order chi connectivity index (χ0) is 33.6. The zero-order valence-corrected chi connectivity index (χ0v) is 26.9. The average Bonchev–Trinajstić information content (AvgIpc) is 3.42. The molecular formula is C36H39N9O3. The van der Waals surface area contributed by atoms with E-state index in [1.165, 1.54) is 12.1 Å². The minimum Gasteiger partial charge on any atom is -0.384 e. The number of hydrogen-bond donors (Lipinski definition) is 3. The predicted octanol–water partition coefficient (Wildman–Crippen LogP) is 5.06. The smallest absolute Gasteiger partial charge is 0.269 e. The Kier molecular flexibility index (Phi) is 9.72. The normalized spacial score (nSPS) is 13.8. The van der Waals surface area contributed by atoms with E-state index < -0.39 is 4.92 Å². The van der Waals surface area contributed by atoms with Crippen LogP contribution in [0.15, 0.2) is 91.1 Å². The van der Waals surface area contributed by atoms with Gasteiger partial charge in [0.2, 0.25) is 5.91 Å². The summed E-state index contributed by atoms with van der Waals surface area (Å²) in [7, 11) is 1.99. The highest BCUT2D eigenvalue weighted by Crippen LogP contribution is 2.26. The molecule has 3 aromatic carbocycles. The molecule has 2 aromatic heterocycles. The minimum absolute atomic E-state index is 0.0110. The standard InChI is InChI=1S/C36H39N9O3/c1-42-32-14-13-29(22-31(32)41-34(42)15-10-25-8-11-27(12-9-25)36(37)38)44(23-26-5-4-6-30(21-26)45(47)48)35(46)24-43-19-16-28(17-20-43)40-33-7-2-3-18-39-33/h2-9,11-14,18,21-22,28H,10,15-17,19-20,23-24H2,1H3,(H3,37,38)(H,39,40). The van der Waals surface area contributed by atoms with Crippen LogP contribution in [0.3, 0.4) is 0 Å². The molecule has 4 N–H and O–H groups in total. The van der Waals surface area contributed by atoms with E-state index in [9.17, 15) is 14.9 Å². The predicted molar refractivity (Wildman–Crippen MR) is 187 cm³/mol. The lowest BCUT2D eigenvalue weighted by Crippen LogP contribution is -2.45. The maximum Gasteiger partial charge on any atom is 0.269 e. The number of amides is 1. The van der Waals surface area contributed by atoms with E-state index in [4.69, 9.17) is 16.1 Å². The van der Waals surface area contributed by atoms with Crippen LogP contribution in [0.2, 0.25) is 0 Å². The number of nitrogens with two attached hydrogens (primary N) is 1. The van der Waals surface area contributed by atoms with Crippen LogP contribution < -0.4 is 16.0 Å². The Balaban J connectivity index is 1.19. The van der Waals surface area contributed by atoms with Gasteiger partial charge in [-0.2, -0.15) is 0 Å². The second kappa shape index (κ2) is 14.4. The van der Waals surface area contributed by atoms with Crippen molar-refractivity contribution in [2.24, 2.45) is 12.8 Å². The van der Waals surface area contributed by atoms with E-state index >= 15 is 0 Å². The molecule has 48 heavy (non-hydrogen) atoms. The van der Waals surface area contributed by atoms with Crippen LogP contribution in [-0.4, -0.2) is 61.8 Å². The first-order valence-electron chi connectivity index (χ1n) is 16.1. The molecule has 0 spiro atoms. The number of rotatable bonds is 12. The van der Waals surface area contributed by atoms with Gasteiger partial charge in [-0.05, 0) is 60.7 Å². The monoisotopic (exact) mass is 645 g/mol. The Morgan fingerprint density at radius 3 is 2.52 bits per heavy atom. The van der Waals surface area contributed by atoms with Crippen LogP contribution in [0.4, 0.5) is 17.2 Å². The number of fused-ring (bicyclic) bond motifs is 1. The molecule has 0 radical (unpaired) electrons. The lowest BCUT2D eigenvalue weighted by Gasteiger charge is -2.33. The molecule has 12 heteroatoms. The van der Waals surface area contributed by atoms with Gasteiger partial charge in [-0.15, -0.1) is 0 Å². The largest absolute Gasteiger partial charge is 0.384 e. The summed E-state index contributed by atoms with van der Waals surface area (Å²) in [5, 5.41) is 22.6. The zero-order valence-electron chi connectivity index (χ0n) is 26.9. The fraction of sp³-hybridized carbons (Fsp3) is 0.278. The van der Waals surface area contributed by atoms with Gasteiger partial charge in [-0.3, -0.25) is 25.2 Å². The third kappa shape index (κ3) is 7.67. The average molecular weight is 646 g/mol. The van der Waals surface area contributed by atoms with E-state index in [1.54, 1.807) is 17.2 Å². The van der Waals surface area contributed by atoms with Crippen molar-refractivity contribution in [3.05, 3.63) is 124 Å². The Hall–Kier alpha value is -5.62. The van der Waals surface area contributed by atoms with Crippen molar-refractivity contribution >= 4 is 40.0 Å². The van der Waals surface area contributed by atoms with E-state index in [0.717, 1.165) is 60.6 Å². The number of benzene rings is 3. The van der Waals surface area contributed by atoms with Gasteiger partial charge >= 0.3 is 0 Å². The summed E-state index contributed by atoms with van der Waals surface area (Å²) in [5.41, 5.74) is 10.5. The number of likely N-dealkylation sites (tertiary alicyclic amines) is 1. The van der Waals surface area contributed by atoms with E-state index in [-0.39, 0.29) is 36.6 Å². The Bertz CT molecular complexity index is 1920. The number of amidine groups is 1. The van der Waals surface area contributed by atoms with Gasteiger partial charge in [0.1, 0.15) is 17.5 Å². The van der Waals surface area contributed by atoms with Gasteiger partial charge in [0.15, 0.2) is 0 Å². The number of hydrogen-bond acceptors (Lipinski definition) is 8. The minimum atomic E-state index is -0.419. The number of piperidine rings is 1. The van der Waals surface area contributed by atoms with Crippen LogP contribution in [0.5, 0.6) is 0 Å². The van der Waals surface area contributed by atoms with E-state index in [0.29, 0.717) is 23.2 Å². The van der Waals surface area contributed by atoms with E-state index in [1.807, 2.05) is 73.8 Å². The Morgan fingerprint density at radius 1 is 1.02 bits per heavy atom. The fourth-order valence-corrected chi connectivity index (χ4v) is 6.18. The summed E-state index contributed by atoms with van der Waals surface area (Å²) in [4.78, 5) is 38.3. The first kappa shape index (κ1) is 32.3. The number of non-ortho nitro benzene ring substituents is 1. The molecule has 1 fully saturated rings. The van der Waals surface area contributed by atoms with E-state index in [2.05, 4.69) is 19.8 Å². The second-order valence-electron chi connectivity index (χ2n) is 12.2. The molecular weight excluding hydrogens is 606 g/mol. The van der Waals surface area contributed by atoms with Crippen molar-refractivity contribution in [1.29, 1.82) is 5.41 Å². The Labute approximate surface area is 278 Å². The first-order valence-corrected chi connectivity index (χ1v) is 16.1. The summed E-state index contributed by atoms with van der Waals surface area (Å²) >= 11 is 0. The van der Waals surface area contributed by atoms with Crippen LogP contribution in [-0.2, 0) is 31.2 Å². The number of imidazole rings is 1. The number of nitro groups is 1. The van der Waals surface area contributed by atoms with Crippen molar-refractivity contribution in [3.63, 3.8) is 0 Å². The van der Waals surface area contributed by atoms with Crippen molar-refractivity contribution in [3.8, 4) is 0 Å². The fourth-order valence-electron chi connectivity index (χ4n) is 6.18. The summed E-state index contributed by atoms with van der Waals surface area (Å²) in [6.07, 6.45) is 5.03. The molecule has 0 bridgehead atoms. The molecule has 0 aliphatic carbocycles. The lowest BCUT2D eigenvalue weighted by molar-refractivity contribution is -0.384. The molecule has 0 atom stereocenters. The summed E-state index contributed by atoms with van der Waals surface area (Å²) in [6, 6.07) is 26.0. The molecule has 12 nitrogen and oxygen atoms in total. The quantitative estimate of drug-likeness (QED) is 0.0735. The molecule has 0 saturated carbocycles. The molecule has 1 aliphatic heterocycles. The molecule has 3 heterocycles. The number of carbonyl (C=O) groups is 1. The summed E-state index contributed by atoms with van der Waals surface area (Å²) in [5.74, 6) is 1.73. The summed E-state index contributed by atoms with van der Waals surface area (Å²) in [6.45, 7) is 1.96. The van der Waals surface area contributed by atoms with Crippen molar-refractivity contribution in [1.82, 2.24) is 19.4 Å². The van der Waals surface area contributed by atoms with Gasteiger partial charge in [0.05, 0.1) is 29.0 Å². The molecule has 6 rings (SSSR count). The second-order valence-corrected chi connectivity index (χ2v) is 12.2. The highest BCUT2D eigenvalue weighted by atomic mass is 16.6. The van der Waals surface area contributed by atoms with Crippen LogP contribution in [0.1, 0.15) is 35.4 Å². The number of nitrogens with zero attached hydrogens (tertiary/aromatic N) is 6. The molecule has 1 aliphatic rings. The summed E-state index contributed by atoms with van der Waals surface area (Å²) < 4.78 is 2.07. The third-order valence-corrected chi connectivity index (χ3v) is 8.90. The molecule has 1 amide bonds. The number of nitrogen functional groups attached to an aromatic ring is 1. The lowest BCUT2D eigenvalue weighted by atomic mass is 10.0. The topological polar surface area (TPSA) is 159 Å². The van der Waals surface area contributed by atoms with Gasteiger partial charge in [0.25, 0.3) is 5.69 Å². The first-order chi connectivity index (χ1) is 23.2. The van der Waals surface area contributed by atoms with Crippen LogP contribution in [0.25, 0.3) is 11.0 Å². The van der Waals surface area contributed by atoms with Gasteiger partial charge < -0.3 is 20.5 Å². The maximum atomic E-state index is 14.0. The molecule has 246 valence electrons. The number of anilines is 2. The van der Waals surface area contributed by atoms with Gasteiger partial charge in [0, 0.05) is 62.2 Å². The molecule has 0 unspecified atom stereocenters. The number of aryl methyl sites for hydroxylation is 3.